The normalized spacial score (nSPS) is 18.1. The predicted octanol–water partition coefficient (Wildman–Crippen LogP) is 4.21. The van der Waals surface area contributed by atoms with E-state index in [0.29, 0.717) is 31.0 Å². The molecule has 0 radical (unpaired) electrons. The second kappa shape index (κ2) is 8.73. The van der Waals surface area contributed by atoms with Crippen molar-refractivity contribution in [3.8, 4) is 0 Å². The van der Waals surface area contributed by atoms with Gasteiger partial charge in [0, 0.05) is 18.9 Å². The van der Waals surface area contributed by atoms with Crippen molar-refractivity contribution in [1.82, 2.24) is 9.88 Å². The molecule has 148 valence electrons. The summed E-state index contributed by atoms with van der Waals surface area (Å²) in [5.41, 5.74) is 3.38. The van der Waals surface area contributed by atoms with E-state index < -0.39 is 0 Å². The lowest BCUT2D eigenvalue weighted by Crippen LogP contribution is -2.29. The van der Waals surface area contributed by atoms with Crippen LogP contribution in [0.15, 0.2) is 82.9 Å². The van der Waals surface area contributed by atoms with E-state index in [1.165, 1.54) is 6.39 Å². The zero-order chi connectivity index (χ0) is 20.1. The quantitative estimate of drug-likeness (QED) is 0.448. The fourth-order valence-corrected chi connectivity index (χ4v) is 3.62. The number of carbonyl (C=O) groups excluding carboxylic acids is 1. The van der Waals surface area contributed by atoms with Crippen LogP contribution < -0.4 is 0 Å². The van der Waals surface area contributed by atoms with Crippen LogP contribution in [0.25, 0.3) is 0 Å². The highest BCUT2D eigenvalue weighted by Gasteiger charge is 2.37. The maximum Gasteiger partial charge on any atom is 0.223 e. The number of carbonyl (C=O) groups is 1. The lowest BCUT2D eigenvalue weighted by molar-refractivity contribution is -0.129. The van der Waals surface area contributed by atoms with E-state index in [2.05, 4.69) is 17.1 Å². The first-order valence-corrected chi connectivity index (χ1v) is 9.69. The van der Waals surface area contributed by atoms with Crippen molar-refractivity contribution in [2.75, 3.05) is 6.54 Å². The number of aromatic nitrogens is 1. The largest absolute Gasteiger partial charge is 0.451 e. The van der Waals surface area contributed by atoms with Crippen LogP contribution in [-0.2, 0) is 16.2 Å². The number of hydrogen-bond acceptors (Lipinski definition) is 5. The van der Waals surface area contributed by atoms with E-state index in [9.17, 15) is 4.79 Å². The zero-order valence-electron chi connectivity index (χ0n) is 16.3. The number of nitrogens with zero attached hydrogens (tertiary/aromatic N) is 3. The van der Waals surface area contributed by atoms with Crippen LogP contribution in [-0.4, -0.2) is 28.0 Å². The smallest absolute Gasteiger partial charge is 0.223 e. The maximum absolute atomic E-state index is 12.8. The first-order chi connectivity index (χ1) is 14.2. The number of rotatable bonds is 7. The van der Waals surface area contributed by atoms with E-state index in [1.807, 2.05) is 65.6 Å². The molecule has 3 aromatic rings. The second-order valence-corrected chi connectivity index (χ2v) is 7.14. The average Bonchev–Trinajstić information content (AvgIpc) is 3.42. The summed E-state index contributed by atoms with van der Waals surface area (Å²) in [6.45, 7) is 2.97. The van der Waals surface area contributed by atoms with Gasteiger partial charge < -0.3 is 14.2 Å². The third kappa shape index (κ3) is 4.37. The predicted molar refractivity (Wildman–Crippen MR) is 109 cm³/mol. The first kappa shape index (κ1) is 18.9. The Morgan fingerprint density at radius 2 is 1.93 bits per heavy atom. The van der Waals surface area contributed by atoms with Gasteiger partial charge in [-0.05, 0) is 18.1 Å². The third-order valence-corrected chi connectivity index (χ3v) is 5.23. The highest BCUT2D eigenvalue weighted by molar-refractivity contribution is 6.03. The van der Waals surface area contributed by atoms with Gasteiger partial charge in [-0.3, -0.25) is 4.79 Å². The SMILES string of the molecule is C[C@H](c1ccccc1)N1CC(/C(=N/OCc2ccccc2)c2cocn2)CC1=O. The molecule has 4 rings (SSSR count). The minimum Gasteiger partial charge on any atom is -0.451 e. The Morgan fingerprint density at radius 3 is 2.62 bits per heavy atom. The Bertz CT molecular complexity index is 956. The molecule has 1 amide bonds. The second-order valence-electron chi connectivity index (χ2n) is 7.14. The highest BCUT2D eigenvalue weighted by atomic mass is 16.6. The molecule has 0 bridgehead atoms. The lowest BCUT2D eigenvalue weighted by atomic mass is 10.00. The van der Waals surface area contributed by atoms with Crippen molar-refractivity contribution < 1.29 is 14.0 Å². The zero-order valence-corrected chi connectivity index (χ0v) is 16.3. The molecule has 6 heteroatoms. The van der Waals surface area contributed by atoms with E-state index in [-0.39, 0.29) is 17.9 Å². The minimum absolute atomic E-state index is 0.00232. The summed E-state index contributed by atoms with van der Waals surface area (Å²) in [5, 5.41) is 4.36. The molecule has 1 aliphatic heterocycles. The van der Waals surface area contributed by atoms with Crippen LogP contribution in [0.4, 0.5) is 0 Å². The van der Waals surface area contributed by atoms with E-state index in [1.54, 1.807) is 6.26 Å². The monoisotopic (exact) mass is 389 g/mol. The Balaban J connectivity index is 1.51. The summed E-state index contributed by atoms with van der Waals surface area (Å²) in [6.07, 6.45) is 3.28. The standard InChI is InChI=1S/C23H23N3O3/c1-17(19-10-6-3-7-11-19)26-13-20(12-22(26)27)23(21-15-28-16-24-21)25-29-14-18-8-4-2-5-9-18/h2-11,15-17,20H,12-14H2,1H3/b25-23-/t17-,20?/m1/s1. The molecule has 1 unspecified atom stereocenters. The van der Waals surface area contributed by atoms with Crippen molar-refractivity contribution in [2.24, 2.45) is 11.1 Å². The Kier molecular flexibility index (Phi) is 5.70. The summed E-state index contributed by atoms with van der Waals surface area (Å²) in [7, 11) is 0. The molecule has 6 nitrogen and oxygen atoms in total. The van der Waals surface area contributed by atoms with Gasteiger partial charge in [-0.15, -0.1) is 0 Å². The summed E-state index contributed by atoms with van der Waals surface area (Å²) in [6, 6.07) is 19.9. The Hall–Kier alpha value is -3.41. The van der Waals surface area contributed by atoms with Gasteiger partial charge in [0.2, 0.25) is 5.91 Å². The van der Waals surface area contributed by atoms with Crippen LogP contribution in [0.1, 0.15) is 36.2 Å². The van der Waals surface area contributed by atoms with Crippen molar-refractivity contribution in [2.45, 2.75) is 26.0 Å². The van der Waals surface area contributed by atoms with Crippen LogP contribution in [0.2, 0.25) is 0 Å². The minimum atomic E-state index is -0.102. The molecule has 0 aliphatic carbocycles. The molecule has 29 heavy (non-hydrogen) atoms. The van der Waals surface area contributed by atoms with Crippen LogP contribution in [0.5, 0.6) is 0 Å². The molecule has 1 saturated heterocycles. The average molecular weight is 389 g/mol. The molecule has 0 saturated carbocycles. The van der Waals surface area contributed by atoms with Gasteiger partial charge in [-0.1, -0.05) is 65.8 Å². The fraction of sp³-hybridized carbons (Fsp3) is 0.261. The molecule has 1 aliphatic rings. The number of oxazole rings is 1. The van der Waals surface area contributed by atoms with Crippen molar-refractivity contribution in [3.63, 3.8) is 0 Å². The summed E-state index contributed by atoms with van der Waals surface area (Å²) in [5.74, 6) is 0.000132. The van der Waals surface area contributed by atoms with E-state index in [0.717, 1.165) is 11.1 Å². The Labute approximate surface area is 169 Å². The summed E-state index contributed by atoms with van der Waals surface area (Å²) < 4.78 is 5.14. The molecular weight excluding hydrogens is 366 g/mol. The van der Waals surface area contributed by atoms with Crippen LogP contribution in [0, 0.1) is 5.92 Å². The van der Waals surface area contributed by atoms with Gasteiger partial charge in [0.05, 0.1) is 6.04 Å². The number of hydrogen-bond donors (Lipinski definition) is 0. The number of likely N-dealkylation sites (tertiary alicyclic amines) is 1. The molecule has 0 N–H and O–H groups in total. The summed E-state index contributed by atoms with van der Waals surface area (Å²) in [4.78, 5) is 24.5. The molecule has 2 heterocycles. The Morgan fingerprint density at radius 1 is 1.21 bits per heavy atom. The number of amides is 1. The maximum atomic E-state index is 12.8. The van der Waals surface area contributed by atoms with Gasteiger partial charge in [-0.2, -0.15) is 0 Å². The van der Waals surface area contributed by atoms with Gasteiger partial charge in [-0.25, -0.2) is 4.98 Å². The van der Waals surface area contributed by atoms with E-state index in [4.69, 9.17) is 9.25 Å². The topological polar surface area (TPSA) is 67.9 Å². The molecule has 1 aromatic heterocycles. The van der Waals surface area contributed by atoms with Crippen molar-refractivity contribution in [1.29, 1.82) is 0 Å². The molecule has 0 spiro atoms. The van der Waals surface area contributed by atoms with Crippen LogP contribution in [0.3, 0.4) is 0 Å². The highest BCUT2D eigenvalue weighted by Crippen LogP contribution is 2.30. The van der Waals surface area contributed by atoms with Crippen molar-refractivity contribution in [3.05, 3.63) is 90.1 Å². The first-order valence-electron chi connectivity index (χ1n) is 9.69. The number of oxime groups is 1. The van der Waals surface area contributed by atoms with E-state index >= 15 is 0 Å². The van der Waals surface area contributed by atoms with Gasteiger partial charge in [0.15, 0.2) is 6.39 Å². The summed E-state index contributed by atoms with van der Waals surface area (Å²) >= 11 is 0. The molecular formula is C23H23N3O3. The van der Waals surface area contributed by atoms with Gasteiger partial charge in [0.1, 0.15) is 24.3 Å². The van der Waals surface area contributed by atoms with Gasteiger partial charge >= 0.3 is 0 Å². The molecule has 2 aromatic carbocycles. The van der Waals surface area contributed by atoms with Crippen molar-refractivity contribution >= 4 is 11.6 Å². The molecule has 2 atom stereocenters. The molecule has 1 fully saturated rings. The van der Waals surface area contributed by atoms with Crippen LogP contribution >= 0.6 is 0 Å². The third-order valence-electron chi connectivity index (χ3n) is 5.23. The lowest BCUT2D eigenvalue weighted by Gasteiger charge is -2.25. The fourth-order valence-electron chi connectivity index (χ4n) is 3.62. The number of benzene rings is 2. The van der Waals surface area contributed by atoms with Gasteiger partial charge in [0.25, 0.3) is 0 Å².